The fourth-order valence-corrected chi connectivity index (χ4v) is 2.64. The van der Waals surface area contributed by atoms with E-state index in [1.54, 1.807) is 24.3 Å². The van der Waals surface area contributed by atoms with Gasteiger partial charge in [0.15, 0.2) is 0 Å². The monoisotopic (exact) mass is 408 g/mol. The van der Waals surface area contributed by atoms with Gasteiger partial charge < -0.3 is 21.2 Å². The van der Waals surface area contributed by atoms with Crippen LogP contribution in [-0.2, 0) is 9.59 Å². The third kappa shape index (κ3) is 6.25. The molecular weight excluding hydrogens is 384 g/mol. The minimum Gasteiger partial charge on any atom is -0.339 e. The summed E-state index contributed by atoms with van der Waals surface area (Å²) in [5, 5.41) is 14.2. The lowest BCUT2D eigenvalue weighted by Crippen LogP contribution is -2.50. The topological polar surface area (TPSA) is 134 Å². The number of hydrogen-bond donors (Lipinski definition) is 5. The Bertz CT molecular complexity index is 930. The van der Waals surface area contributed by atoms with Crippen LogP contribution >= 0.6 is 0 Å². The van der Waals surface area contributed by atoms with Crippen molar-refractivity contribution in [1.29, 1.82) is 0 Å². The summed E-state index contributed by atoms with van der Waals surface area (Å²) in [4.78, 5) is 34.7. The summed E-state index contributed by atoms with van der Waals surface area (Å²) in [6.45, 7) is 2.48. The third-order valence-corrected chi connectivity index (χ3v) is 4.30. The standard InChI is InChI=1S/C22H24N4O4/c1-2-24-20(14-27)17-9-5-15(6-10-17)3-4-16-7-11-18(12-8-16)21(28)25-19(13-23)22(29)26-30/h5-12,14,19-20,24,30H,2,13,23H2,1H3,(H,25,28)(H,26,29)/t19-,20?/m0/s1. The molecule has 0 saturated heterocycles. The number of hydroxylamine groups is 1. The first-order valence-corrected chi connectivity index (χ1v) is 9.38. The summed E-state index contributed by atoms with van der Waals surface area (Å²) in [6.07, 6.45) is 0.869. The summed E-state index contributed by atoms with van der Waals surface area (Å²) < 4.78 is 0. The molecule has 2 atom stereocenters. The Morgan fingerprint density at radius 2 is 1.63 bits per heavy atom. The molecule has 6 N–H and O–H groups in total. The molecule has 0 fully saturated rings. The Balaban J connectivity index is 2.04. The first kappa shape index (κ1) is 22.8. The van der Waals surface area contributed by atoms with Crippen LogP contribution in [0, 0.1) is 11.8 Å². The van der Waals surface area contributed by atoms with Gasteiger partial charge in [0.2, 0.25) is 0 Å². The predicted molar refractivity (Wildman–Crippen MR) is 112 cm³/mol. The quantitative estimate of drug-likeness (QED) is 0.187. The smallest absolute Gasteiger partial charge is 0.267 e. The average Bonchev–Trinajstić information content (AvgIpc) is 2.79. The number of carbonyl (C=O) groups is 3. The van der Waals surface area contributed by atoms with Crippen LogP contribution in [-0.4, -0.2) is 42.4 Å². The molecule has 8 heteroatoms. The Hall–Kier alpha value is -3.51. The van der Waals surface area contributed by atoms with E-state index in [0.717, 1.165) is 17.4 Å². The average molecular weight is 408 g/mol. The molecule has 0 aliphatic carbocycles. The number of likely N-dealkylation sites (N-methyl/N-ethyl adjacent to an activating group) is 1. The Kier molecular flexibility index (Phi) is 8.72. The molecule has 0 spiro atoms. The largest absolute Gasteiger partial charge is 0.339 e. The highest BCUT2D eigenvalue weighted by molar-refractivity contribution is 5.97. The van der Waals surface area contributed by atoms with Crippen LogP contribution in [0.3, 0.4) is 0 Å². The van der Waals surface area contributed by atoms with Gasteiger partial charge in [-0.2, -0.15) is 0 Å². The molecule has 0 bridgehead atoms. The van der Waals surface area contributed by atoms with Gasteiger partial charge in [-0.05, 0) is 48.5 Å². The Morgan fingerprint density at radius 1 is 1.07 bits per heavy atom. The van der Waals surface area contributed by atoms with Crippen molar-refractivity contribution in [2.24, 2.45) is 5.73 Å². The van der Waals surface area contributed by atoms with Crippen LogP contribution in [0.4, 0.5) is 0 Å². The summed E-state index contributed by atoms with van der Waals surface area (Å²) >= 11 is 0. The molecule has 1 unspecified atom stereocenters. The van der Waals surface area contributed by atoms with E-state index in [4.69, 9.17) is 10.9 Å². The first-order chi connectivity index (χ1) is 14.5. The van der Waals surface area contributed by atoms with E-state index in [1.807, 2.05) is 31.2 Å². The predicted octanol–water partition coefficient (Wildman–Crippen LogP) is 0.498. The molecule has 156 valence electrons. The molecule has 8 nitrogen and oxygen atoms in total. The van der Waals surface area contributed by atoms with Crippen molar-refractivity contribution in [2.45, 2.75) is 19.0 Å². The summed E-state index contributed by atoms with van der Waals surface area (Å²) in [7, 11) is 0. The fourth-order valence-electron chi connectivity index (χ4n) is 2.64. The van der Waals surface area contributed by atoms with Gasteiger partial charge in [-0.3, -0.25) is 14.8 Å². The maximum atomic E-state index is 12.2. The molecule has 2 amide bonds. The van der Waals surface area contributed by atoms with Crippen molar-refractivity contribution in [3.8, 4) is 11.8 Å². The van der Waals surface area contributed by atoms with Gasteiger partial charge in [-0.25, -0.2) is 5.48 Å². The molecule has 0 aliphatic heterocycles. The summed E-state index contributed by atoms with van der Waals surface area (Å²) in [5.41, 5.74) is 9.58. The number of hydrogen-bond acceptors (Lipinski definition) is 6. The summed E-state index contributed by atoms with van der Waals surface area (Å²) in [6, 6.07) is 12.6. The van der Waals surface area contributed by atoms with E-state index in [9.17, 15) is 14.4 Å². The molecule has 2 rings (SSSR count). The zero-order valence-corrected chi connectivity index (χ0v) is 16.5. The van der Waals surface area contributed by atoms with Crippen molar-refractivity contribution in [1.82, 2.24) is 16.1 Å². The number of rotatable bonds is 8. The molecule has 0 saturated carbocycles. The van der Waals surface area contributed by atoms with Crippen LogP contribution in [0.15, 0.2) is 48.5 Å². The number of nitrogens with one attached hydrogen (secondary N) is 3. The fraction of sp³-hybridized carbons (Fsp3) is 0.227. The zero-order valence-electron chi connectivity index (χ0n) is 16.5. The van der Waals surface area contributed by atoms with Crippen LogP contribution in [0.2, 0.25) is 0 Å². The number of benzene rings is 2. The molecule has 2 aromatic carbocycles. The third-order valence-electron chi connectivity index (χ3n) is 4.30. The second-order valence-corrected chi connectivity index (χ2v) is 6.36. The molecule has 30 heavy (non-hydrogen) atoms. The normalized spacial score (nSPS) is 12.1. The van der Waals surface area contributed by atoms with Crippen LogP contribution in [0.25, 0.3) is 0 Å². The van der Waals surface area contributed by atoms with E-state index in [1.165, 1.54) is 5.48 Å². The highest BCUT2D eigenvalue weighted by Gasteiger charge is 2.19. The van der Waals surface area contributed by atoms with Crippen LogP contribution in [0.5, 0.6) is 0 Å². The van der Waals surface area contributed by atoms with Crippen molar-refractivity contribution in [2.75, 3.05) is 13.1 Å². The zero-order chi connectivity index (χ0) is 21.9. The van der Waals surface area contributed by atoms with E-state index >= 15 is 0 Å². The molecular formula is C22H24N4O4. The second-order valence-electron chi connectivity index (χ2n) is 6.36. The minimum atomic E-state index is -1.03. The van der Waals surface area contributed by atoms with Gasteiger partial charge >= 0.3 is 0 Å². The van der Waals surface area contributed by atoms with E-state index in [2.05, 4.69) is 22.5 Å². The lowest BCUT2D eigenvalue weighted by molar-refractivity contribution is -0.130. The van der Waals surface area contributed by atoms with E-state index in [0.29, 0.717) is 17.7 Å². The van der Waals surface area contributed by atoms with Crippen LogP contribution in [0.1, 0.15) is 40.0 Å². The SMILES string of the molecule is CCNC(C=O)c1ccc(C#Cc2ccc(C(=O)N[C@@H](CN)C(=O)NO)cc2)cc1. The lowest BCUT2D eigenvalue weighted by atomic mass is 10.1. The van der Waals surface area contributed by atoms with Gasteiger partial charge in [-0.15, -0.1) is 0 Å². The number of carbonyl (C=O) groups excluding carboxylic acids is 3. The Morgan fingerprint density at radius 3 is 2.10 bits per heavy atom. The van der Waals surface area contributed by atoms with Gasteiger partial charge in [0, 0.05) is 23.2 Å². The van der Waals surface area contributed by atoms with Crippen molar-refractivity contribution < 1.29 is 19.6 Å². The van der Waals surface area contributed by atoms with E-state index < -0.39 is 17.9 Å². The van der Waals surface area contributed by atoms with Crippen LogP contribution < -0.4 is 21.8 Å². The minimum absolute atomic E-state index is 0.150. The van der Waals surface area contributed by atoms with Gasteiger partial charge in [0.05, 0.1) is 6.04 Å². The first-order valence-electron chi connectivity index (χ1n) is 9.38. The number of nitrogens with two attached hydrogens (primary N) is 1. The van der Waals surface area contributed by atoms with Gasteiger partial charge in [-0.1, -0.05) is 30.9 Å². The lowest BCUT2D eigenvalue weighted by Gasteiger charge is -2.14. The van der Waals surface area contributed by atoms with Gasteiger partial charge in [0.1, 0.15) is 12.3 Å². The molecule has 0 heterocycles. The van der Waals surface area contributed by atoms with E-state index in [-0.39, 0.29) is 12.6 Å². The maximum absolute atomic E-state index is 12.2. The van der Waals surface area contributed by atoms with Gasteiger partial charge in [0.25, 0.3) is 11.8 Å². The van der Waals surface area contributed by atoms with Crippen molar-refractivity contribution in [3.63, 3.8) is 0 Å². The number of amides is 2. The highest BCUT2D eigenvalue weighted by atomic mass is 16.5. The Labute approximate surface area is 174 Å². The highest BCUT2D eigenvalue weighted by Crippen LogP contribution is 2.12. The molecule has 0 aromatic heterocycles. The molecule has 2 aromatic rings. The molecule has 0 radical (unpaired) electrons. The van der Waals surface area contributed by atoms with Crippen molar-refractivity contribution >= 4 is 18.1 Å². The molecule has 0 aliphatic rings. The van der Waals surface area contributed by atoms with Crippen molar-refractivity contribution in [3.05, 3.63) is 70.8 Å². The second kappa shape index (κ2) is 11.5. The maximum Gasteiger partial charge on any atom is 0.267 e. The summed E-state index contributed by atoms with van der Waals surface area (Å²) in [5.74, 6) is 4.76. The number of aldehydes is 1.